The largest absolute Gasteiger partial charge is 0.463 e. The fourth-order valence-corrected chi connectivity index (χ4v) is 6.21. The Balaban J connectivity index is 1.81. The van der Waals surface area contributed by atoms with E-state index in [2.05, 4.69) is 29.8 Å². The molecule has 214 valence electrons. The zero-order valence-corrected chi connectivity index (χ0v) is 26.0. The molecular weight excluding hydrogens is 616 g/mol. The van der Waals surface area contributed by atoms with Crippen LogP contribution < -0.4 is 19.6 Å². The van der Waals surface area contributed by atoms with Crippen molar-refractivity contribution in [2.24, 2.45) is 4.99 Å². The van der Waals surface area contributed by atoms with Crippen LogP contribution in [0, 0.1) is 0 Å². The molecule has 0 amide bonds. The third kappa shape index (κ3) is 5.93. The predicted molar refractivity (Wildman–Crippen MR) is 167 cm³/mol. The van der Waals surface area contributed by atoms with Crippen molar-refractivity contribution in [1.29, 1.82) is 0 Å². The van der Waals surface area contributed by atoms with Gasteiger partial charge in [-0.3, -0.25) is 14.2 Å². The molecule has 0 spiro atoms. The highest BCUT2D eigenvalue weighted by Gasteiger charge is 2.35. The van der Waals surface area contributed by atoms with Crippen LogP contribution in [0.15, 0.2) is 92.6 Å². The summed E-state index contributed by atoms with van der Waals surface area (Å²) in [6.07, 6.45) is 1.68. The van der Waals surface area contributed by atoms with Crippen LogP contribution in [-0.2, 0) is 14.3 Å². The Bertz CT molecular complexity index is 1870. The van der Waals surface area contributed by atoms with Gasteiger partial charge in [0.05, 0.1) is 28.5 Å². The molecule has 7 nitrogen and oxygen atoms in total. The third-order valence-electron chi connectivity index (χ3n) is 6.80. The van der Waals surface area contributed by atoms with Gasteiger partial charge in [0, 0.05) is 22.5 Å². The summed E-state index contributed by atoms with van der Waals surface area (Å²) in [4.78, 5) is 44.9. The molecule has 0 saturated carbocycles. The van der Waals surface area contributed by atoms with Crippen molar-refractivity contribution >= 4 is 51.0 Å². The second-order valence-corrected chi connectivity index (χ2v) is 12.0. The average molecular weight is 646 g/mol. The van der Waals surface area contributed by atoms with Gasteiger partial charge in [0.15, 0.2) is 4.80 Å². The number of ether oxygens (including phenoxy) is 2. The molecular formula is C33H29BrN2O5S. The maximum absolute atomic E-state index is 14.2. The van der Waals surface area contributed by atoms with E-state index >= 15 is 0 Å². The summed E-state index contributed by atoms with van der Waals surface area (Å²) >= 11 is 4.67. The molecule has 0 aliphatic carbocycles. The van der Waals surface area contributed by atoms with Gasteiger partial charge in [-0.2, -0.15) is 0 Å². The smallest absolute Gasteiger partial charge is 0.338 e. The molecule has 42 heavy (non-hydrogen) atoms. The van der Waals surface area contributed by atoms with E-state index in [-0.39, 0.29) is 12.2 Å². The molecule has 0 saturated heterocycles. The van der Waals surface area contributed by atoms with Crippen molar-refractivity contribution < 1.29 is 19.1 Å². The molecule has 1 aliphatic rings. The standard InChI is InChI=1S/C33H29BrN2O5S/c1-5-40-32(39)28-29(22-9-7-6-8-10-22)35-33-36(30(28)23-13-11-21(12-14-23)19(2)3)31(38)27(42-33)18-24-17-25(34)15-16-26(24)41-20(4)37/h6-19,30H,5H2,1-4H3/b27-18-/t30-/m1/s1. The number of halogens is 1. The minimum absolute atomic E-state index is 0.176. The van der Waals surface area contributed by atoms with Gasteiger partial charge >= 0.3 is 11.9 Å². The number of thiazole rings is 1. The van der Waals surface area contributed by atoms with Crippen molar-refractivity contribution in [2.75, 3.05) is 6.61 Å². The van der Waals surface area contributed by atoms with E-state index in [9.17, 15) is 14.4 Å². The highest BCUT2D eigenvalue weighted by molar-refractivity contribution is 9.10. The maximum atomic E-state index is 14.2. The highest BCUT2D eigenvalue weighted by atomic mass is 79.9. The minimum atomic E-state index is -0.769. The SMILES string of the molecule is CCOC(=O)C1=C(c2ccccc2)N=c2s/c(=C\c3cc(Br)ccc3OC(C)=O)c(=O)n2[C@@H]1c1ccc(C(C)C)cc1. The lowest BCUT2D eigenvalue weighted by Gasteiger charge is -2.26. The number of hydrogen-bond donors (Lipinski definition) is 0. The molecule has 1 aromatic heterocycles. The van der Waals surface area contributed by atoms with E-state index < -0.39 is 18.0 Å². The number of rotatable bonds is 7. The van der Waals surface area contributed by atoms with Gasteiger partial charge < -0.3 is 9.47 Å². The second-order valence-electron chi connectivity index (χ2n) is 10.0. The molecule has 5 rings (SSSR count). The number of esters is 2. The number of hydrogen-bond acceptors (Lipinski definition) is 7. The Morgan fingerprint density at radius 1 is 1.07 bits per heavy atom. The van der Waals surface area contributed by atoms with Gasteiger partial charge in [0.1, 0.15) is 5.75 Å². The summed E-state index contributed by atoms with van der Waals surface area (Å²) in [5.41, 5.74) is 3.64. The Morgan fingerprint density at radius 2 is 1.79 bits per heavy atom. The van der Waals surface area contributed by atoms with Crippen LogP contribution >= 0.6 is 27.3 Å². The summed E-state index contributed by atoms with van der Waals surface area (Å²) in [7, 11) is 0. The number of aromatic nitrogens is 1. The number of nitrogens with zero attached hydrogens (tertiary/aromatic N) is 2. The van der Waals surface area contributed by atoms with Crippen molar-refractivity contribution in [3.8, 4) is 5.75 Å². The molecule has 3 aromatic carbocycles. The van der Waals surface area contributed by atoms with Crippen LogP contribution in [0.3, 0.4) is 0 Å². The second kappa shape index (κ2) is 12.4. The molecule has 4 aromatic rings. The molecule has 1 aliphatic heterocycles. The van der Waals surface area contributed by atoms with Crippen molar-refractivity contribution in [1.82, 2.24) is 4.57 Å². The van der Waals surface area contributed by atoms with Crippen LogP contribution in [0.1, 0.15) is 61.9 Å². The minimum Gasteiger partial charge on any atom is -0.463 e. The first kappa shape index (κ1) is 29.4. The summed E-state index contributed by atoms with van der Waals surface area (Å²) in [5.74, 6) is -0.353. The number of benzene rings is 3. The van der Waals surface area contributed by atoms with E-state index in [4.69, 9.17) is 14.5 Å². The molecule has 2 heterocycles. The van der Waals surface area contributed by atoms with Gasteiger partial charge in [0.2, 0.25) is 0 Å². The van der Waals surface area contributed by atoms with Crippen LogP contribution in [0.4, 0.5) is 0 Å². The summed E-state index contributed by atoms with van der Waals surface area (Å²) in [6.45, 7) is 7.48. The molecule has 0 bridgehead atoms. The first-order valence-corrected chi connectivity index (χ1v) is 15.1. The van der Waals surface area contributed by atoms with Crippen LogP contribution in [-0.4, -0.2) is 23.1 Å². The predicted octanol–water partition coefficient (Wildman–Crippen LogP) is 5.75. The van der Waals surface area contributed by atoms with Crippen molar-refractivity contribution in [3.63, 3.8) is 0 Å². The Labute approximate surface area is 255 Å². The summed E-state index contributed by atoms with van der Waals surface area (Å²) in [6, 6.07) is 21.8. The molecule has 0 N–H and O–H groups in total. The first-order chi connectivity index (χ1) is 20.2. The monoisotopic (exact) mass is 644 g/mol. The number of fused-ring (bicyclic) bond motifs is 1. The first-order valence-electron chi connectivity index (χ1n) is 13.5. The van der Waals surface area contributed by atoms with Crippen LogP contribution in [0.25, 0.3) is 11.8 Å². The lowest BCUT2D eigenvalue weighted by molar-refractivity contribution is -0.139. The Morgan fingerprint density at radius 3 is 2.43 bits per heavy atom. The maximum Gasteiger partial charge on any atom is 0.338 e. The topological polar surface area (TPSA) is 87.0 Å². The fraction of sp³-hybridized carbons (Fsp3) is 0.212. The molecule has 1 atom stereocenters. The number of carbonyl (C=O) groups excluding carboxylic acids is 2. The summed E-state index contributed by atoms with van der Waals surface area (Å²) in [5, 5.41) is 0. The zero-order valence-electron chi connectivity index (χ0n) is 23.6. The average Bonchev–Trinajstić information content (AvgIpc) is 3.28. The molecule has 9 heteroatoms. The summed E-state index contributed by atoms with van der Waals surface area (Å²) < 4.78 is 13.6. The molecule has 0 radical (unpaired) electrons. The van der Waals surface area contributed by atoms with E-state index in [1.165, 1.54) is 18.3 Å². The van der Waals surface area contributed by atoms with Gasteiger partial charge in [-0.1, -0.05) is 95.7 Å². The van der Waals surface area contributed by atoms with E-state index in [1.807, 2.05) is 54.6 Å². The normalized spacial score (nSPS) is 14.9. The quantitative estimate of drug-likeness (QED) is 0.189. The molecule has 0 unspecified atom stereocenters. The van der Waals surface area contributed by atoms with Gasteiger partial charge in [-0.15, -0.1) is 0 Å². The third-order valence-corrected chi connectivity index (χ3v) is 8.28. The van der Waals surface area contributed by atoms with E-state index in [0.29, 0.717) is 37.8 Å². The Hall–Kier alpha value is -4.08. The van der Waals surface area contributed by atoms with Gasteiger partial charge in [-0.05, 0) is 48.2 Å². The number of carbonyl (C=O) groups is 2. The van der Waals surface area contributed by atoms with Gasteiger partial charge in [0.25, 0.3) is 5.56 Å². The lowest BCUT2D eigenvalue weighted by Crippen LogP contribution is -2.40. The fourth-order valence-electron chi connectivity index (χ4n) is 4.84. The van der Waals surface area contributed by atoms with E-state index in [0.717, 1.165) is 21.2 Å². The molecule has 0 fully saturated rings. The zero-order chi connectivity index (χ0) is 30.0. The van der Waals surface area contributed by atoms with Gasteiger partial charge in [-0.25, -0.2) is 9.79 Å². The van der Waals surface area contributed by atoms with Crippen molar-refractivity contribution in [3.05, 3.63) is 125 Å². The lowest BCUT2D eigenvalue weighted by atomic mass is 9.91. The Kier molecular flexibility index (Phi) is 8.70. The van der Waals surface area contributed by atoms with E-state index in [1.54, 1.807) is 35.8 Å². The highest BCUT2D eigenvalue weighted by Crippen LogP contribution is 2.35. The van der Waals surface area contributed by atoms with Crippen LogP contribution in [0.2, 0.25) is 0 Å². The van der Waals surface area contributed by atoms with Crippen LogP contribution in [0.5, 0.6) is 5.75 Å². The van der Waals surface area contributed by atoms with Crippen molar-refractivity contribution in [2.45, 2.75) is 39.7 Å².